The van der Waals surface area contributed by atoms with Crippen molar-refractivity contribution < 1.29 is 4.79 Å². The molecule has 1 aromatic heterocycles. The van der Waals surface area contributed by atoms with Crippen LogP contribution in [0.1, 0.15) is 24.8 Å². The van der Waals surface area contributed by atoms with E-state index in [1.165, 1.54) is 11.3 Å². The van der Waals surface area contributed by atoms with Crippen molar-refractivity contribution >= 4 is 28.8 Å². The van der Waals surface area contributed by atoms with Crippen LogP contribution in [-0.2, 0) is 4.79 Å². The van der Waals surface area contributed by atoms with E-state index in [-0.39, 0.29) is 17.9 Å². The Hall–Kier alpha value is -0.580. The SMILES string of the molecule is CC(NC(=O)C1CNCC1C)c1ccc(Cl)s1. The third kappa shape index (κ3) is 3.00. The summed E-state index contributed by atoms with van der Waals surface area (Å²) in [6.07, 6.45) is 0. The number of amides is 1. The summed E-state index contributed by atoms with van der Waals surface area (Å²) in [5, 5.41) is 6.30. The Morgan fingerprint density at radius 1 is 1.59 bits per heavy atom. The predicted octanol–water partition coefficient (Wildman–Crippen LogP) is 2.43. The second-order valence-corrected chi connectivity index (χ2v) is 6.36. The number of rotatable bonds is 3. The van der Waals surface area contributed by atoms with Crippen molar-refractivity contribution in [3.63, 3.8) is 0 Å². The first-order chi connectivity index (χ1) is 8.08. The lowest BCUT2D eigenvalue weighted by Gasteiger charge is -2.18. The zero-order chi connectivity index (χ0) is 12.4. The Labute approximate surface area is 111 Å². The smallest absolute Gasteiger partial charge is 0.225 e. The van der Waals surface area contributed by atoms with Gasteiger partial charge in [-0.1, -0.05) is 18.5 Å². The largest absolute Gasteiger partial charge is 0.348 e. The monoisotopic (exact) mass is 272 g/mol. The first-order valence-electron chi connectivity index (χ1n) is 5.84. The number of hydrogen-bond acceptors (Lipinski definition) is 3. The van der Waals surface area contributed by atoms with Crippen LogP contribution in [0.2, 0.25) is 4.34 Å². The van der Waals surface area contributed by atoms with Gasteiger partial charge in [-0.2, -0.15) is 0 Å². The maximum absolute atomic E-state index is 12.1. The molecule has 0 bridgehead atoms. The second kappa shape index (κ2) is 5.38. The first-order valence-corrected chi connectivity index (χ1v) is 7.03. The Kier molecular flexibility index (Phi) is 4.07. The molecular formula is C12H17ClN2OS. The van der Waals surface area contributed by atoms with Crippen molar-refractivity contribution in [2.24, 2.45) is 11.8 Å². The van der Waals surface area contributed by atoms with Gasteiger partial charge in [-0.3, -0.25) is 4.79 Å². The fourth-order valence-corrected chi connectivity index (χ4v) is 3.18. The Balaban J connectivity index is 1.94. The van der Waals surface area contributed by atoms with Crippen LogP contribution >= 0.6 is 22.9 Å². The Morgan fingerprint density at radius 2 is 2.35 bits per heavy atom. The molecule has 3 nitrogen and oxygen atoms in total. The van der Waals surface area contributed by atoms with Gasteiger partial charge in [0.05, 0.1) is 16.3 Å². The van der Waals surface area contributed by atoms with Crippen LogP contribution in [0.15, 0.2) is 12.1 Å². The zero-order valence-corrected chi connectivity index (χ0v) is 11.6. The highest BCUT2D eigenvalue weighted by atomic mass is 35.5. The highest BCUT2D eigenvalue weighted by Gasteiger charge is 2.30. The number of halogens is 1. The van der Waals surface area contributed by atoms with Crippen molar-refractivity contribution in [1.29, 1.82) is 0 Å². The molecule has 0 aromatic carbocycles. The fourth-order valence-electron chi connectivity index (χ4n) is 2.11. The molecule has 0 radical (unpaired) electrons. The summed E-state index contributed by atoms with van der Waals surface area (Å²) < 4.78 is 0.761. The summed E-state index contributed by atoms with van der Waals surface area (Å²) in [7, 11) is 0. The summed E-state index contributed by atoms with van der Waals surface area (Å²) in [4.78, 5) is 13.2. The highest BCUT2D eigenvalue weighted by Crippen LogP contribution is 2.27. The van der Waals surface area contributed by atoms with Gasteiger partial charge < -0.3 is 10.6 Å². The molecule has 1 fully saturated rings. The predicted molar refractivity (Wildman–Crippen MR) is 71.4 cm³/mol. The second-order valence-electron chi connectivity index (χ2n) is 4.61. The third-order valence-corrected chi connectivity index (χ3v) is 4.65. The van der Waals surface area contributed by atoms with Crippen molar-refractivity contribution in [1.82, 2.24) is 10.6 Å². The summed E-state index contributed by atoms with van der Waals surface area (Å²) in [6, 6.07) is 3.87. The Morgan fingerprint density at radius 3 is 2.88 bits per heavy atom. The Bertz CT molecular complexity index is 407. The van der Waals surface area contributed by atoms with Gasteiger partial charge in [-0.25, -0.2) is 0 Å². The van der Waals surface area contributed by atoms with Gasteiger partial charge in [0, 0.05) is 11.4 Å². The van der Waals surface area contributed by atoms with Crippen LogP contribution < -0.4 is 10.6 Å². The number of hydrogen-bond donors (Lipinski definition) is 2. The summed E-state index contributed by atoms with van der Waals surface area (Å²) in [5.74, 6) is 0.640. The van der Waals surface area contributed by atoms with E-state index < -0.39 is 0 Å². The zero-order valence-electron chi connectivity index (χ0n) is 10.00. The lowest BCUT2D eigenvalue weighted by molar-refractivity contribution is -0.126. The molecule has 94 valence electrons. The van der Waals surface area contributed by atoms with Gasteiger partial charge in [-0.15, -0.1) is 11.3 Å². The summed E-state index contributed by atoms with van der Waals surface area (Å²) in [6.45, 7) is 5.81. The normalized spacial score (nSPS) is 25.8. The van der Waals surface area contributed by atoms with Crippen LogP contribution in [-0.4, -0.2) is 19.0 Å². The van der Waals surface area contributed by atoms with E-state index in [1.54, 1.807) is 0 Å². The maximum atomic E-state index is 12.1. The average molecular weight is 273 g/mol. The van der Waals surface area contributed by atoms with Gasteiger partial charge in [0.1, 0.15) is 0 Å². The molecule has 2 heterocycles. The number of carbonyl (C=O) groups is 1. The van der Waals surface area contributed by atoms with Gasteiger partial charge >= 0.3 is 0 Å². The van der Waals surface area contributed by atoms with Crippen LogP contribution in [0.5, 0.6) is 0 Å². The van der Waals surface area contributed by atoms with Gasteiger partial charge in [0.15, 0.2) is 0 Å². The van der Waals surface area contributed by atoms with Gasteiger partial charge in [0.25, 0.3) is 0 Å². The molecule has 0 saturated carbocycles. The fraction of sp³-hybridized carbons (Fsp3) is 0.583. The van der Waals surface area contributed by atoms with E-state index >= 15 is 0 Å². The molecule has 1 amide bonds. The van der Waals surface area contributed by atoms with E-state index in [1.807, 2.05) is 19.1 Å². The van der Waals surface area contributed by atoms with E-state index in [4.69, 9.17) is 11.6 Å². The summed E-state index contributed by atoms with van der Waals surface area (Å²) >= 11 is 7.40. The third-order valence-electron chi connectivity index (χ3n) is 3.23. The minimum atomic E-state index is 0.0350. The summed E-state index contributed by atoms with van der Waals surface area (Å²) in [5.41, 5.74) is 0. The molecule has 3 atom stereocenters. The molecule has 2 rings (SSSR count). The molecule has 3 unspecified atom stereocenters. The van der Waals surface area contributed by atoms with E-state index in [9.17, 15) is 4.79 Å². The minimum Gasteiger partial charge on any atom is -0.348 e. The topological polar surface area (TPSA) is 41.1 Å². The van der Waals surface area contributed by atoms with Crippen molar-refractivity contribution in [2.45, 2.75) is 19.9 Å². The maximum Gasteiger partial charge on any atom is 0.225 e. The average Bonchev–Trinajstić information content (AvgIpc) is 2.86. The van der Waals surface area contributed by atoms with E-state index in [0.29, 0.717) is 5.92 Å². The van der Waals surface area contributed by atoms with Crippen molar-refractivity contribution in [3.05, 3.63) is 21.3 Å². The van der Waals surface area contributed by atoms with Crippen LogP contribution in [0.4, 0.5) is 0 Å². The lowest BCUT2D eigenvalue weighted by atomic mass is 9.97. The molecule has 2 N–H and O–H groups in total. The molecule has 1 saturated heterocycles. The first kappa shape index (κ1) is 12.9. The van der Waals surface area contributed by atoms with Crippen molar-refractivity contribution in [2.75, 3.05) is 13.1 Å². The quantitative estimate of drug-likeness (QED) is 0.887. The molecule has 17 heavy (non-hydrogen) atoms. The standard InChI is InChI=1S/C12H17ClN2OS/c1-7-5-14-6-9(7)12(16)15-8(2)10-3-4-11(13)17-10/h3-4,7-9,14H,5-6H2,1-2H3,(H,15,16). The van der Waals surface area contributed by atoms with Crippen molar-refractivity contribution in [3.8, 4) is 0 Å². The lowest BCUT2D eigenvalue weighted by Crippen LogP contribution is -2.35. The molecule has 1 aromatic rings. The highest BCUT2D eigenvalue weighted by molar-refractivity contribution is 7.16. The van der Waals surface area contributed by atoms with Gasteiger partial charge in [0.2, 0.25) is 5.91 Å². The molecular weight excluding hydrogens is 256 g/mol. The number of thiophene rings is 1. The number of nitrogens with one attached hydrogen (secondary N) is 2. The molecule has 1 aliphatic heterocycles. The molecule has 5 heteroatoms. The van der Waals surface area contributed by atoms with Crippen LogP contribution in [0.3, 0.4) is 0 Å². The van der Waals surface area contributed by atoms with E-state index in [2.05, 4.69) is 17.6 Å². The minimum absolute atomic E-state index is 0.0350. The number of carbonyl (C=O) groups excluding carboxylic acids is 1. The van der Waals surface area contributed by atoms with Crippen LogP contribution in [0.25, 0.3) is 0 Å². The van der Waals surface area contributed by atoms with E-state index in [0.717, 1.165) is 22.3 Å². The van der Waals surface area contributed by atoms with Gasteiger partial charge in [-0.05, 0) is 31.5 Å². The van der Waals surface area contributed by atoms with Crippen LogP contribution in [0, 0.1) is 11.8 Å². The molecule has 1 aliphatic rings. The molecule has 0 aliphatic carbocycles. The molecule has 0 spiro atoms.